The van der Waals surface area contributed by atoms with E-state index in [4.69, 9.17) is 9.47 Å². The summed E-state index contributed by atoms with van der Waals surface area (Å²) in [6, 6.07) is 19.2. The molecular weight excluding hydrogens is 310 g/mol. The van der Waals surface area contributed by atoms with Crippen LogP contribution in [0, 0.1) is 0 Å². The third kappa shape index (κ3) is 6.18. The highest BCUT2D eigenvalue weighted by Gasteiger charge is 2.10. The van der Waals surface area contributed by atoms with Gasteiger partial charge in [-0.15, -0.1) is 0 Å². The number of hydrogen-bond donors (Lipinski definition) is 0. The van der Waals surface area contributed by atoms with E-state index in [0.717, 1.165) is 58.0 Å². The predicted octanol–water partition coefficient (Wildman–Crippen LogP) is 3.96. The van der Waals surface area contributed by atoms with Crippen molar-refractivity contribution in [2.75, 3.05) is 39.5 Å². The minimum atomic E-state index is 0.751. The van der Waals surface area contributed by atoms with Crippen LogP contribution in [0.25, 0.3) is 0 Å². The van der Waals surface area contributed by atoms with Gasteiger partial charge in [0.25, 0.3) is 0 Å². The Bertz CT molecular complexity index is 608. The molecular formula is C22H29NO2. The summed E-state index contributed by atoms with van der Waals surface area (Å²) in [7, 11) is 0. The minimum absolute atomic E-state index is 0.751. The van der Waals surface area contributed by atoms with Gasteiger partial charge in [-0.2, -0.15) is 0 Å². The summed E-state index contributed by atoms with van der Waals surface area (Å²) in [6.45, 7) is 5.46. The lowest BCUT2D eigenvalue weighted by Gasteiger charge is -2.26. The van der Waals surface area contributed by atoms with Gasteiger partial charge in [-0.1, -0.05) is 48.5 Å². The van der Waals surface area contributed by atoms with E-state index in [1.807, 2.05) is 0 Å². The van der Waals surface area contributed by atoms with Crippen molar-refractivity contribution in [2.24, 2.45) is 0 Å². The Kier molecular flexibility index (Phi) is 7.34. The first-order chi connectivity index (χ1) is 12.4. The molecule has 0 aliphatic carbocycles. The molecule has 25 heavy (non-hydrogen) atoms. The minimum Gasteiger partial charge on any atom is -0.492 e. The van der Waals surface area contributed by atoms with Crippen LogP contribution in [0.5, 0.6) is 5.75 Å². The molecule has 1 heterocycles. The first kappa shape index (κ1) is 18.0. The van der Waals surface area contributed by atoms with Crippen LogP contribution in [0.3, 0.4) is 0 Å². The van der Waals surface area contributed by atoms with E-state index in [9.17, 15) is 0 Å². The lowest BCUT2D eigenvalue weighted by molar-refractivity contribution is 0.0322. The number of para-hydroxylation sites is 1. The highest BCUT2D eigenvalue weighted by atomic mass is 16.5. The maximum absolute atomic E-state index is 6.07. The molecule has 0 atom stereocenters. The molecule has 134 valence electrons. The molecule has 3 nitrogen and oxygen atoms in total. The molecule has 0 spiro atoms. The molecule has 1 aliphatic rings. The fourth-order valence-corrected chi connectivity index (χ4v) is 3.25. The summed E-state index contributed by atoms with van der Waals surface area (Å²) in [6.07, 6.45) is 4.65. The molecule has 0 N–H and O–H groups in total. The van der Waals surface area contributed by atoms with Gasteiger partial charge in [0.1, 0.15) is 12.4 Å². The second-order valence-corrected chi connectivity index (χ2v) is 6.60. The van der Waals surface area contributed by atoms with E-state index in [-0.39, 0.29) is 0 Å². The molecule has 0 bridgehead atoms. The highest BCUT2D eigenvalue weighted by Crippen LogP contribution is 2.20. The van der Waals surface area contributed by atoms with E-state index in [1.54, 1.807) is 0 Å². The standard InChI is InChI=1S/C22H29NO2/c1-2-8-20(9-3-1)10-4-5-11-21-12-6-7-13-22(21)25-19-16-23-14-17-24-18-15-23/h1-3,6-9,12-13H,4-5,10-11,14-19H2. The van der Waals surface area contributed by atoms with Crippen molar-refractivity contribution in [3.8, 4) is 5.75 Å². The van der Waals surface area contributed by atoms with Crippen LogP contribution >= 0.6 is 0 Å². The zero-order valence-corrected chi connectivity index (χ0v) is 15.0. The van der Waals surface area contributed by atoms with Gasteiger partial charge in [0.2, 0.25) is 0 Å². The van der Waals surface area contributed by atoms with Crippen LogP contribution in [-0.2, 0) is 17.6 Å². The van der Waals surface area contributed by atoms with Crippen molar-refractivity contribution in [3.05, 3.63) is 65.7 Å². The summed E-state index contributed by atoms with van der Waals surface area (Å²) >= 11 is 0. The second-order valence-electron chi connectivity index (χ2n) is 6.60. The van der Waals surface area contributed by atoms with Crippen molar-refractivity contribution >= 4 is 0 Å². The Morgan fingerprint density at radius 3 is 2.40 bits per heavy atom. The van der Waals surface area contributed by atoms with Crippen LogP contribution in [-0.4, -0.2) is 44.4 Å². The quantitative estimate of drug-likeness (QED) is 0.646. The molecule has 0 aromatic heterocycles. The van der Waals surface area contributed by atoms with Crippen LogP contribution in [0.2, 0.25) is 0 Å². The molecule has 3 rings (SSSR count). The van der Waals surface area contributed by atoms with Crippen molar-refractivity contribution in [1.82, 2.24) is 4.90 Å². The fraction of sp³-hybridized carbons (Fsp3) is 0.455. The first-order valence-electron chi connectivity index (χ1n) is 9.46. The normalized spacial score (nSPS) is 15.2. The van der Waals surface area contributed by atoms with Gasteiger partial charge >= 0.3 is 0 Å². The number of morpholine rings is 1. The molecule has 1 saturated heterocycles. The average molecular weight is 339 g/mol. The lowest BCUT2D eigenvalue weighted by Crippen LogP contribution is -2.38. The van der Waals surface area contributed by atoms with E-state index in [0.29, 0.717) is 0 Å². The van der Waals surface area contributed by atoms with E-state index in [1.165, 1.54) is 24.0 Å². The van der Waals surface area contributed by atoms with Gasteiger partial charge in [-0.3, -0.25) is 4.90 Å². The van der Waals surface area contributed by atoms with Crippen molar-refractivity contribution in [1.29, 1.82) is 0 Å². The maximum Gasteiger partial charge on any atom is 0.122 e. The fourth-order valence-electron chi connectivity index (χ4n) is 3.25. The molecule has 3 heteroatoms. The van der Waals surface area contributed by atoms with Crippen molar-refractivity contribution in [3.63, 3.8) is 0 Å². The van der Waals surface area contributed by atoms with Gasteiger partial charge in [-0.25, -0.2) is 0 Å². The van der Waals surface area contributed by atoms with Crippen molar-refractivity contribution in [2.45, 2.75) is 25.7 Å². The van der Waals surface area contributed by atoms with E-state index in [2.05, 4.69) is 59.5 Å². The maximum atomic E-state index is 6.07. The predicted molar refractivity (Wildman–Crippen MR) is 102 cm³/mol. The zero-order chi connectivity index (χ0) is 17.2. The molecule has 0 amide bonds. The van der Waals surface area contributed by atoms with Crippen LogP contribution in [0.4, 0.5) is 0 Å². The summed E-state index contributed by atoms with van der Waals surface area (Å²) in [4.78, 5) is 2.41. The van der Waals surface area contributed by atoms with E-state index < -0.39 is 0 Å². The lowest BCUT2D eigenvalue weighted by atomic mass is 10.0. The third-order valence-electron chi connectivity index (χ3n) is 4.75. The summed E-state index contributed by atoms with van der Waals surface area (Å²) < 4.78 is 11.5. The number of rotatable bonds is 9. The highest BCUT2D eigenvalue weighted by molar-refractivity contribution is 5.33. The van der Waals surface area contributed by atoms with Gasteiger partial charge < -0.3 is 9.47 Å². The number of benzene rings is 2. The summed E-state index contributed by atoms with van der Waals surface area (Å²) in [5.74, 6) is 1.05. The van der Waals surface area contributed by atoms with Crippen LogP contribution < -0.4 is 4.74 Å². The number of ether oxygens (including phenoxy) is 2. The first-order valence-corrected chi connectivity index (χ1v) is 9.46. The van der Waals surface area contributed by atoms with Crippen LogP contribution in [0.1, 0.15) is 24.0 Å². The molecule has 0 unspecified atom stereocenters. The Morgan fingerprint density at radius 2 is 1.56 bits per heavy atom. The third-order valence-corrected chi connectivity index (χ3v) is 4.75. The van der Waals surface area contributed by atoms with E-state index >= 15 is 0 Å². The molecule has 2 aromatic rings. The molecule has 1 fully saturated rings. The molecule has 1 aliphatic heterocycles. The second kappa shape index (κ2) is 10.2. The largest absolute Gasteiger partial charge is 0.492 e. The number of aryl methyl sites for hydroxylation is 2. The Hall–Kier alpha value is -1.84. The summed E-state index contributed by atoms with van der Waals surface area (Å²) in [5, 5.41) is 0. The van der Waals surface area contributed by atoms with Crippen molar-refractivity contribution < 1.29 is 9.47 Å². The molecule has 0 saturated carbocycles. The zero-order valence-electron chi connectivity index (χ0n) is 15.0. The Balaban J connectivity index is 1.40. The number of unbranched alkanes of at least 4 members (excludes halogenated alkanes) is 1. The van der Waals surface area contributed by atoms with Gasteiger partial charge in [0.05, 0.1) is 13.2 Å². The Morgan fingerprint density at radius 1 is 0.840 bits per heavy atom. The topological polar surface area (TPSA) is 21.7 Å². The smallest absolute Gasteiger partial charge is 0.122 e. The van der Waals surface area contributed by atoms with Gasteiger partial charge in [-0.05, 0) is 42.9 Å². The van der Waals surface area contributed by atoms with Gasteiger partial charge in [0.15, 0.2) is 0 Å². The molecule has 2 aromatic carbocycles. The SMILES string of the molecule is c1ccc(CCCCc2ccccc2OCCN2CCOCC2)cc1. The average Bonchev–Trinajstić information content (AvgIpc) is 2.68. The van der Waals surface area contributed by atoms with Crippen LogP contribution in [0.15, 0.2) is 54.6 Å². The summed E-state index contributed by atoms with van der Waals surface area (Å²) in [5.41, 5.74) is 2.76. The van der Waals surface area contributed by atoms with Gasteiger partial charge in [0, 0.05) is 19.6 Å². The monoisotopic (exact) mass is 339 g/mol. The number of hydrogen-bond acceptors (Lipinski definition) is 3. The Labute approximate surface area is 151 Å². The number of nitrogens with zero attached hydrogens (tertiary/aromatic N) is 1. The molecule has 0 radical (unpaired) electrons.